The van der Waals surface area contributed by atoms with Gasteiger partial charge in [-0.25, -0.2) is 0 Å². The van der Waals surface area contributed by atoms with Gasteiger partial charge in [-0.2, -0.15) is 0 Å². The molecule has 0 aromatic heterocycles. The highest BCUT2D eigenvalue weighted by Crippen LogP contribution is 2.28. The molecular weight excluding hydrogens is 232 g/mol. The minimum Gasteiger partial charge on any atom is -0.481 e. The van der Waals surface area contributed by atoms with Crippen LogP contribution >= 0.6 is 0 Å². The summed E-state index contributed by atoms with van der Waals surface area (Å²) < 4.78 is 0. The summed E-state index contributed by atoms with van der Waals surface area (Å²) in [6.07, 6.45) is 5.59. The van der Waals surface area contributed by atoms with Crippen LogP contribution in [-0.4, -0.2) is 36.1 Å². The van der Waals surface area contributed by atoms with Crippen LogP contribution in [0.25, 0.3) is 0 Å². The van der Waals surface area contributed by atoms with E-state index in [1.54, 1.807) is 0 Å². The number of nitrogens with one attached hydrogen (secondary N) is 2. The molecular formula is C13H22N2O3. The van der Waals surface area contributed by atoms with Gasteiger partial charge >= 0.3 is 5.97 Å². The van der Waals surface area contributed by atoms with E-state index in [2.05, 4.69) is 10.6 Å². The molecule has 18 heavy (non-hydrogen) atoms. The fraction of sp³-hybridized carbons (Fsp3) is 0.846. The zero-order valence-corrected chi connectivity index (χ0v) is 10.7. The van der Waals surface area contributed by atoms with Crippen LogP contribution < -0.4 is 10.6 Å². The highest BCUT2D eigenvalue weighted by molar-refractivity contribution is 5.80. The van der Waals surface area contributed by atoms with Gasteiger partial charge in [-0.15, -0.1) is 0 Å². The molecule has 5 nitrogen and oxygen atoms in total. The largest absolute Gasteiger partial charge is 0.481 e. The number of carboxylic acid groups (broad SMARTS) is 1. The van der Waals surface area contributed by atoms with E-state index in [4.69, 9.17) is 5.11 Å². The molecule has 102 valence electrons. The number of aliphatic carboxylic acids is 1. The smallest absolute Gasteiger partial charge is 0.306 e. The van der Waals surface area contributed by atoms with Crippen LogP contribution in [0.1, 0.15) is 38.5 Å². The highest BCUT2D eigenvalue weighted by Gasteiger charge is 2.29. The molecule has 0 radical (unpaired) electrons. The summed E-state index contributed by atoms with van der Waals surface area (Å²) in [4.78, 5) is 22.3. The quantitative estimate of drug-likeness (QED) is 0.611. The van der Waals surface area contributed by atoms with Crippen molar-refractivity contribution in [3.63, 3.8) is 0 Å². The third-order valence-corrected chi connectivity index (χ3v) is 3.83. The van der Waals surface area contributed by atoms with Crippen molar-refractivity contribution in [2.75, 3.05) is 13.1 Å². The second-order valence-electron chi connectivity index (χ2n) is 5.42. The van der Waals surface area contributed by atoms with E-state index in [1.807, 2.05) is 0 Å². The van der Waals surface area contributed by atoms with Crippen molar-refractivity contribution in [3.8, 4) is 0 Å². The Balaban J connectivity index is 1.58. The Morgan fingerprint density at radius 1 is 1.06 bits per heavy atom. The highest BCUT2D eigenvalue weighted by atomic mass is 16.4. The van der Waals surface area contributed by atoms with Gasteiger partial charge in [0.05, 0.1) is 5.92 Å². The number of hydrogen-bond donors (Lipinski definition) is 3. The number of rotatable bonds is 6. The molecule has 2 unspecified atom stereocenters. The molecule has 5 heteroatoms. The van der Waals surface area contributed by atoms with Crippen LogP contribution in [-0.2, 0) is 9.59 Å². The molecule has 0 bridgehead atoms. The fourth-order valence-corrected chi connectivity index (χ4v) is 2.55. The average Bonchev–Trinajstić information content (AvgIpc) is 3.19. The van der Waals surface area contributed by atoms with E-state index in [9.17, 15) is 9.59 Å². The van der Waals surface area contributed by atoms with Gasteiger partial charge in [0.25, 0.3) is 0 Å². The normalized spacial score (nSPS) is 27.8. The molecule has 1 amide bonds. The Bertz CT molecular complexity index is 315. The van der Waals surface area contributed by atoms with Crippen molar-refractivity contribution in [3.05, 3.63) is 0 Å². The lowest BCUT2D eigenvalue weighted by molar-refractivity contribution is -0.143. The molecule has 3 N–H and O–H groups in total. The first-order valence-corrected chi connectivity index (χ1v) is 6.90. The van der Waals surface area contributed by atoms with E-state index >= 15 is 0 Å². The van der Waals surface area contributed by atoms with Crippen LogP contribution in [0.4, 0.5) is 0 Å². The van der Waals surface area contributed by atoms with Gasteiger partial charge in [0.1, 0.15) is 0 Å². The number of amides is 1. The molecule has 2 fully saturated rings. The van der Waals surface area contributed by atoms with Crippen LogP contribution in [0.15, 0.2) is 0 Å². The topological polar surface area (TPSA) is 78.4 Å². The van der Waals surface area contributed by atoms with Gasteiger partial charge in [0, 0.05) is 25.0 Å². The van der Waals surface area contributed by atoms with E-state index < -0.39 is 5.97 Å². The fourth-order valence-electron chi connectivity index (χ4n) is 2.55. The summed E-state index contributed by atoms with van der Waals surface area (Å²) in [6, 6.07) is 0.290. The van der Waals surface area contributed by atoms with Gasteiger partial charge in [0.15, 0.2) is 0 Å². The summed E-state index contributed by atoms with van der Waals surface area (Å²) in [5, 5.41) is 15.2. The molecule has 0 heterocycles. The average molecular weight is 254 g/mol. The SMILES string of the molecule is O=C(O)C1CCCC(NCCNC(=O)C2CC2)C1. The monoisotopic (exact) mass is 254 g/mol. The first-order valence-electron chi connectivity index (χ1n) is 6.90. The Labute approximate surface area is 107 Å². The minimum absolute atomic E-state index is 0.170. The molecule has 0 spiro atoms. The van der Waals surface area contributed by atoms with E-state index in [-0.39, 0.29) is 23.8 Å². The van der Waals surface area contributed by atoms with Crippen molar-refractivity contribution in [2.24, 2.45) is 11.8 Å². The second-order valence-corrected chi connectivity index (χ2v) is 5.42. The van der Waals surface area contributed by atoms with Crippen molar-refractivity contribution in [1.82, 2.24) is 10.6 Å². The lowest BCUT2D eigenvalue weighted by Crippen LogP contribution is -2.40. The maximum atomic E-state index is 11.4. The van der Waals surface area contributed by atoms with Gasteiger partial charge in [-0.1, -0.05) is 6.42 Å². The summed E-state index contributed by atoms with van der Waals surface area (Å²) in [5.74, 6) is -0.444. The molecule has 0 aliphatic heterocycles. The molecule has 2 atom stereocenters. The van der Waals surface area contributed by atoms with Gasteiger partial charge in [0.2, 0.25) is 5.91 Å². The molecule has 2 aliphatic carbocycles. The van der Waals surface area contributed by atoms with Crippen molar-refractivity contribution in [1.29, 1.82) is 0 Å². The first-order chi connectivity index (χ1) is 8.66. The molecule has 2 rings (SSSR count). The van der Waals surface area contributed by atoms with Crippen molar-refractivity contribution in [2.45, 2.75) is 44.6 Å². The predicted molar refractivity (Wildman–Crippen MR) is 67.1 cm³/mol. The number of carbonyl (C=O) groups is 2. The molecule has 2 aliphatic rings. The van der Waals surface area contributed by atoms with Crippen LogP contribution in [0.3, 0.4) is 0 Å². The molecule has 0 aromatic rings. The zero-order chi connectivity index (χ0) is 13.0. The van der Waals surface area contributed by atoms with Crippen LogP contribution in [0.2, 0.25) is 0 Å². The number of carboxylic acids is 1. The Morgan fingerprint density at radius 3 is 2.50 bits per heavy atom. The maximum absolute atomic E-state index is 11.4. The third kappa shape index (κ3) is 3.98. The lowest BCUT2D eigenvalue weighted by Gasteiger charge is -2.27. The van der Waals surface area contributed by atoms with Crippen LogP contribution in [0.5, 0.6) is 0 Å². The Kier molecular flexibility index (Phi) is 4.58. The lowest BCUT2D eigenvalue weighted by atomic mass is 9.86. The van der Waals surface area contributed by atoms with Gasteiger partial charge in [-0.05, 0) is 32.1 Å². The number of hydrogen-bond acceptors (Lipinski definition) is 3. The van der Waals surface area contributed by atoms with E-state index in [1.165, 1.54) is 0 Å². The summed E-state index contributed by atoms with van der Waals surface area (Å²) in [6.45, 7) is 1.37. The van der Waals surface area contributed by atoms with E-state index in [0.717, 1.165) is 38.6 Å². The zero-order valence-electron chi connectivity index (χ0n) is 10.7. The summed E-state index contributed by atoms with van der Waals surface area (Å²) in [5.41, 5.74) is 0. The Morgan fingerprint density at radius 2 is 1.83 bits per heavy atom. The van der Waals surface area contributed by atoms with Crippen LogP contribution in [0, 0.1) is 11.8 Å². The van der Waals surface area contributed by atoms with E-state index in [0.29, 0.717) is 13.0 Å². The second kappa shape index (κ2) is 6.18. The molecule has 2 saturated carbocycles. The Hall–Kier alpha value is -1.10. The predicted octanol–water partition coefficient (Wildman–Crippen LogP) is 0.746. The van der Waals surface area contributed by atoms with Gasteiger partial charge < -0.3 is 15.7 Å². The molecule has 0 aromatic carbocycles. The minimum atomic E-state index is -0.677. The summed E-state index contributed by atoms with van der Waals surface area (Å²) in [7, 11) is 0. The van der Waals surface area contributed by atoms with Crippen molar-refractivity contribution >= 4 is 11.9 Å². The number of carbonyl (C=O) groups excluding carboxylic acids is 1. The van der Waals surface area contributed by atoms with Crippen molar-refractivity contribution < 1.29 is 14.7 Å². The van der Waals surface area contributed by atoms with Gasteiger partial charge in [-0.3, -0.25) is 9.59 Å². The maximum Gasteiger partial charge on any atom is 0.306 e. The first kappa shape index (κ1) is 13.3. The third-order valence-electron chi connectivity index (χ3n) is 3.83. The summed E-state index contributed by atoms with van der Waals surface area (Å²) >= 11 is 0. The standard InChI is InChI=1S/C13H22N2O3/c16-12(9-4-5-9)15-7-6-14-11-3-1-2-10(8-11)13(17)18/h9-11,14H,1-8H2,(H,15,16)(H,17,18). The molecule has 0 saturated heterocycles.